The lowest BCUT2D eigenvalue weighted by Gasteiger charge is -2.71. The van der Waals surface area contributed by atoms with Crippen LogP contribution in [-0.4, -0.2) is 210 Å². The maximum absolute atomic E-state index is 15.3. The summed E-state index contributed by atoms with van der Waals surface area (Å²) in [5.74, 6) is -0.878. The summed E-state index contributed by atoms with van der Waals surface area (Å²) >= 11 is 0. The van der Waals surface area contributed by atoms with Crippen molar-refractivity contribution in [2.75, 3.05) is 19.8 Å². The first-order valence-electron chi connectivity index (χ1n) is 26.6. The van der Waals surface area contributed by atoms with Gasteiger partial charge in [-0.1, -0.05) is 60.1 Å². The number of allylic oxidation sites excluding steroid dienone is 2. The highest BCUT2D eigenvalue weighted by atomic mass is 16.8. The number of fused-ring (bicyclic) bond motifs is 7. The van der Waals surface area contributed by atoms with E-state index in [0.717, 1.165) is 31.3 Å². The van der Waals surface area contributed by atoms with E-state index in [2.05, 4.69) is 54.5 Å². The van der Waals surface area contributed by atoms with Crippen molar-refractivity contribution >= 4 is 5.97 Å². The van der Waals surface area contributed by atoms with Gasteiger partial charge in [0.15, 0.2) is 25.0 Å². The van der Waals surface area contributed by atoms with Crippen LogP contribution in [0.3, 0.4) is 0 Å². The second-order valence-corrected chi connectivity index (χ2v) is 25.5. The van der Waals surface area contributed by atoms with E-state index in [4.69, 9.17) is 37.9 Å². The topological polar surface area (TPSA) is 334 Å². The largest absolute Gasteiger partial charge is 0.432 e. The number of carbonyl (C=O) groups excluding carboxylic acids is 1. The average Bonchev–Trinajstić information content (AvgIpc) is 3.32. The van der Waals surface area contributed by atoms with Crippen molar-refractivity contribution in [3.8, 4) is 0 Å². The van der Waals surface area contributed by atoms with Crippen LogP contribution in [0.2, 0.25) is 0 Å². The van der Waals surface area contributed by atoms with E-state index < -0.39 is 158 Å². The average molecular weight is 1050 g/mol. The molecule has 0 aromatic heterocycles. The van der Waals surface area contributed by atoms with Crippen molar-refractivity contribution in [2.24, 2.45) is 50.2 Å². The fraction of sp³-hybridized carbons (Fsp3) is 0.942. The Hall–Kier alpha value is -1.55. The molecular formula is C52H84O21. The number of aliphatic hydroxyl groups is 12. The molecule has 4 saturated carbocycles. The third-order valence-corrected chi connectivity index (χ3v) is 20.6. The molecule has 0 radical (unpaired) electrons. The second kappa shape index (κ2) is 20.0. The minimum absolute atomic E-state index is 0.161. The first kappa shape index (κ1) is 56.2. The van der Waals surface area contributed by atoms with Gasteiger partial charge in [-0.15, -0.1) is 0 Å². The second-order valence-electron chi connectivity index (χ2n) is 25.5. The molecular weight excluding hydrogens is 961 g/mol. The van der Waals surface area contributed by atoms with Crippen molar-refractivity contribution in [3.63, 3.8) is 0 Å². The molecule has 0 amide bonds. The molecule has 4 aliphatic heterocycles. The Morgan fingerprint density at radius 1 is 0.630 bits per heavy atom. The van der Waals surface area contributed by atoms with Gasteiger partial charge in [-0.2, -0.15) is 0 Å². The molecule has 5 aliphatic carbocycles. The highest BCUT2D eigenvalue weighted by Crippen LogP contribution is 2.76. The van der Waals surface area contributed by atoms with Crippen molar-refractivity contribution < 1.29 is 104 Å². The zero-order chi connectivity index (χ0) is 53.3. The van der Waals surface area contributed by atoms with Gasteiger partial charge in [0.1, 0.15) is 78.7 Å². The van der Waals surface area contributed by atoms with E-state index in [-0.39, 0.29) is 53.6 Å². The Morgan fingerprint density at radius 3 is 1.93 bits per heavy atom. The van der Waals surface area contributed by atoms with Crippen LogP contribution in [0.15, 0.2) is 11.6 Å². The molecule has 9 aliphatic rings. The lowest BCUT2D eigenvalue weighted by Crippen LogP contribution is -2.68. The number of hydrogen-bond acceptors (Lipinski definition) is 21. The molecule has 0 bridgehead atoms. The third-order valence-electron chi connectivity index (χ3n) is 20.6. The first-order chi connectivity index (χ1) is 34.1. The van der Waals surface area contributed by atoms with Crippen molar-refractivity contribution in [3.05, 3.63) is 11.6 Å². The normalized spacial score (nSPS) is 54.7. The molecule has 4 saturated heterocycles. The molecule has 12 N–H and O–H groups in total. The van der Waals surface area contributed by atoms with Gasteiger partial charge in [-0.3, -0.25) is 4.79 Å². The van der Waals surface area contributed by atoms with Gasteiger partial charge in [0.2, 0.25) is 6.29 Å². The molecule has 0 aromatic carbocycles. The number of hydrogen-bond donors (Lipinski definition) is 12. The molecule has 418 valence electrons. The van der Waals surface area contributed by atoms with Crippen molar-refractivity contribution in [1.29, 1.82) is 0 Å². The smallest absolute Gasteiger partial charge is 0.317 e. The Morgan fingerprint density at radius 2 is 1.25 bits per heavy atom. The lowest BCUT2D eigenvalue weighted by atomic mass is 9.33. The van der Waals surface area contributed by atoms with Crippen LogP contribution in [0.5, 0.6) is 0 Å². The molecule has 0 aromatic rings. The molecule has 73 heavy (non-hydrogen) atoms. The Kier molecular flexibility index (Phi) is 15.4. The minimum atomic E-state index is -1.87. The van der Waals surface area contributed by atoms with E-state index >= 15 is 4.79 Å². The van der Waals surface area contributed by atoms with Crippen LogP contribution in [0.1, 0.15) is 113 Å². The zero-order valence-electron chi connectivity index (χ0n) is 43.4. The van der Waals surface area contributed by atoms with Crippen LogP contribution in [0.4, 0.5) is 0 Å². The number of aliphatic hydroxyl groups excluding tert-OH is 12. The van der Waals surface area contributed by atoms with Crippen LogP contribution in [-0.2, 0) is 42.7 Å². The molecule has 27 atom stereocenters. The van der Waals surface area contributed by atoms with Gasteiger partial charge in [-0.25, -0.2) is 0 Å². The molecule has 21 heteroatoms. The van der Waals surface area contributed by atoms with Gasteiger partial charge in [-0.05, 0) is 110 Å². The zero-order valence-corrected chi connectivity index (χ0v) is 43.4. The van der Waals surface area contributed by atoms with Gasteiger partial charge >= 0.3 is 5.97 Å². The fourth-order valence-corrected chi connectivity index (χ4v) is 16.0. The molecule has 8 fully saturated rings. The lowest BCUT2D eigenvalue weighted by molar-refractivity contribution is -0.369. The quantitative estimate of drug-likeness (QED) is 0.0767. The highest BCUT2D eigenvalue weighted by molar-refractivity contribution is 5.80. The van der Waals surface area contributed by atoms with E-state index in [1.54, 1.807) is 0 Å². The first-order valence-corrected chi connectivity index (χ1v) is 26.6. The molecule has 0 spiro atoms. The van der Waals surface area contributed by atoms with Gasteiger partial charge in [0.25, 0.3) is 0 Å². The Labute approximate surface area is 426 Å². The predicted octanol–water partition coefficient (Wildman–Crippen LogP) is -0.759. The monoisotopic (exact) mass is 1040 g/mol. The number of ether oxygens (including phenoxy) is 8. The maximum atomic E-state index is 15.3. The summed E-state index contributed by atoms with van der Waals surface area (Å²) in [6.45, 7) is 15.8. The van der Waals surface area contributed by atoms with Crippen LogP contribution >= 0.6 is 0 Å². The van der Waals surface area contributed by atoms with Crippen molar-refractivity contribution in [1.82, 2.24) is 0 Å². The molecule has 9 rings (SSSR count). The summed E-state index contributed by atoms with van der Waals surface area (Å²) in [5, 5.41) is 130. The summed E-state index contributed by atoms with van der Waals surface area (Å²) < 4.78 is 47.5. The Balaban J connectivity index is 0.944. The maximum Gasteiger partial charge on any atom is 0.317 e. The van der Waals surface area contributed by atoms with Crippen molar-refractivity contribution in [2.45, 2.75) is 236 Å². The number of rotatable bonds is 9. The molecule has 4 heterocycles. The van der Waals surface area contributed by atoms with Gasteiger partial charge in [0.05, 0.1) is 38.1 Å². The summed E-state index contributed by atoms with van der Waals surface area (Å²) in [4.78, 5) is 15.3. The summed E-state index contributed by atoms with van der Waals surface area (Å²) in [7, 11) is 0. The predicted molar refractivity (Wildman–Crippen MR) is 251 cm³/mol. The summed E-state index contributed by atoms with van der Waals surface area (Å²) in [5.41, 5.74) is -2.04. The standard InChI is InChI=1S/C52H84O21/c1-22-40(71-42-37(62)32(57)25(54)20-66-42)36(61)39(64)43(68-22)72-41-33(58)26(55)21-67-45(41)73-46(65)52-16-15-47(2,3)17-24(52)23-9-10-29-49(6)13-12-31(70-44-38(63)35(60)34(59)27(19-53)69-44)48(4,5)28(49)11-14-50(29,7)51(23,8)18-30(52)56/h9,22,24-45,53-64H,10-21H2,1-8H3/t22-,24+,25+,26-,27+,28?,29+,30+,31-,32-,33-,34+,35-,36-,37+,38+,39+,40-,41+,42-,43-,44-,45-,49-,50+,51+,52+/m0/s1. The van der Waals surface area contributed by atoms with Crippen LogP contribution in [0, 0.1) is 50.2 Å². The SMILES string of the molecule is C[C@@H]1O[C@@H](O[C@H]2[C@H](OC(=O)[C@]34CCC(C)(C)C[C@@H]3C3=CC[C@@H]5[C@@]6(C)CC[C@H](O[C@@H]7O[C@H](CO)[C@@H](O)[C@H](O)[C@H]7O)C(C)(C)C6CC[C@@]5(C)[C@]3(C)C[C@H]4O)OC[C@H](O)[C@@H]2O)[C@H](O)[C@H](O)[C@H]1O[C@@H]1OC[C@@H](O)[C@H](O)[C@H]1O. The van der Waals surface area contributed by atoms with Crippen LogP contribution in [0.25, 0.3) is 0 Å². The van der Waals surface area contributed by atoms with E-state index in [0.29, 0.717) is 19.3 Å². The third kappa shape index (κ3) is 9.01. The fourth-order valence-electron chi connectivity index (χ4n) is 16.0. The Bertz CT molecular complexity index is 2020. The van der Waals surface area contributed by atoms with Gasteiger partial charge in [0, 0.05) is 0 Å². The highest BCUT2D eigenvalue weighted by Gasteiger charge is 2.72. The van der Waals surface area contributed by atoms with E-state index in [9.17, 15) is 61.3 Å². The number of esters is 1. The van der Waals surface area contributed by atoms with Gasteiger partial charge < -0.3 is 99.2 Å². The molecule has 21 nitrogen and oxygen atoms in total. The number of carbonyl (C=O) groups is 1. The summed E-state index contributed by atoms with van der Waals surface area (Å²) in [6, 6.07) is 0. The van der Waals surface area contributed by atoms with E-state index in [1.807, 2.05) is 0 Å². The van der Waals surface area contributed by atoms with E-state index in [1.165, 1.54) is 6.92 Å². The molecule has 1 unspecified atom stereocenters. The van der Waals surface area contributed by atoms with Crippen LogP contribution < -0.4 is 0 Å². The summed E-state index contributed by atoms with van der Waals surface area (Å²) in [6.07, 6.45) is -21.0. The minimum Gasteiger partial charge on any atom is -0.432 e.